The van der Waals surface area contributed by atoms with Crippen molar-refractivity contribution < 1.29 is 33.8 Å². The summed E-state index contributed by atoms with van der Waals surface area (Å²) in [5, 5.41) is 8.83. The third-order valence-electron chi connectivity index (χ3n) is 3.36. The first kappa shape index (κ1) is 19.5. The lowest BCUT2D eigenvalue weighted by molar-refractivity contribution is -0.160. The topological polar surface area (TPSA) is 107 Å². The largest absolute Gasteiger partial charge is 0.478 e. The minimum Gasteiger partial charge on any atom is -0.478 e. The summed E-state index contributed by atoms with van der Waals surface area (Å²) in [6.07, 6.45) is 0.183. The molecular weight excluding hydrogens is 324 g/mol. The molecule has 23 heavy (non-hydrogen) atoms. The molecule has 0 aromatic rings. The molecule has 0 radical (unpaired) electrons. The number of cyclic esters (lactones) is 1. The lowest BCUT2D eigenvalue weighted by Gasteiger charge is -2.21. The van der Waals surface area contributed by atoms with Crippen LogP contribution in [0.5, 0.6) is 0 Å². The van der Waals surface area contributed by atoms with Gasteiger partial charge in [0.15, 0.2) is 0 Å². The van der Waals surface area contributed by atoms with Gasteiger partial charge in [-0.25, -0.2) is 4.79 Å². The van der Waals surface area contributed by atoms with Crippen LogP contribution in [-0.4, -0.2) is 52.0 Å². The normalized spacial score (nSPS) is 24.4. The molecule has 3 atom stereocenters. The average molecular weight is 346 g/mol. The first-order chi connectivity index (χ1) is 10.8. The van der Waals surface area contributed by atoms with E-state index in [1.807, 2.05) is 0 Å². The van der Waals surface area contributed by atoms with E-state index in [1.165, 1.54) is 11.8 Å². The lowest BCUT2D eigenvalue weighted by atomic mass is 10.0. The maximum Gasteiger partial charge on any atom is 0.345 e. The zero-order valence-corrected chi connectivity index (χ0v) is 14.1. The highest BCUT2D eigenvalue weighted by atomic mass is 32.2. The summed E-state index contributed by atoms with van der Waals surface area (Å²) in [4.78, 5) is 45.6. The van der Waals surface area contributed by atoms with E-state index in [4.69, 9.17) is 14.6 Å². The first-order valence-corrected chi connectivity index (χ1v) is 8.55. The average Bonchev–Trinajstić information content (AvgIpc) is 2.45. The van der Waals surface area contributed by atoms with E-state index in [2.05, 4.69) is 0 Å². The Morgan fingerprint density at radius 2 is 2.04 bits per heavy atom. The van der Waals surface area contributed by atoms with Crippen LogP contribution in [0.3, 0.4) is 0 Å². The lowest BCUT2D eigenvalue weighted by Crippen LogP contribution is -2.30. The van der Waals surface area contributed by atoms with Crippen LogP contribution < -0.4 is 0 Å². The number of carbonyl (C=O) groups is 4. The molecule has 1 aliphatic rings. The molecule has 1 saturated heterocycles. The van der Waals surface area contributed by atoms with Gasteiger partial charge in [0.25, 0.3) is 0 Å². The first-order valence-electron chi connectivity index (χ1n) is 7.50. The van der Waals surface area contributed by atoms with Crippen molar-refractivity contribution in [2.45, 2.75) is 63.4 Å². The van der Waals surface area contributed by atoms with E-state index in [0.717, 1.165) is 6.92 Å². The second kappa shape index (κ2) is 9.54. The minimum absolute atomic E-state index is 0.0400. The second-order valence-electron chi connectivity index (χ2n) is 5.51. The van der Waals surface area contributed by atoms with Crippen LogP contribution in [0.15, 0.2) is 0 Å². The Labute approximate surface area is 139 Å². The van der Waals surface area contributed by atoms with Gasteiger partial charge in [-0.3, -0.25) is 14.4 Å². The van der Waals surface area contributed by atoms with Crippen LogP contribution in [0.4, 0.5) is 0 Å². The van der Waals surface area contributed by atoms with Gasteiger partial charge in [0.05, 0.1) is 6.10 Å². The van der Waals surface area contributed by atoms with Gasteiger partial charge < -0.3 is 14.6 Å². The van der Waals surface area contributed by atoms with E-state index < -0.39 is 18.0 Å². The third-order valence-corrected chi connectivity index (χ3v) is 4.72. The summed E-state index contributed by atoms with van der Waals surface area (Å²) in [6, 6.07) is 0. The molecule has 0 amide bonds. The summed E-state index contributed by atoms with van der Waals surface area (Å²) >= 11 is 1.23. The number of rotatable bonds is 5. The molecule has 7 nitrogen and oxygen atoms in total. The maximum absolute atomic E-state index is 11.9. The Kier molecular flexibility index (Phi) is 8.08. The van der Waals surface area contributed by atoms with E-state index in [1.54, 1.807) is 6.92 Å². The number of hydrogen-bond donors (Lipinski definition) is 1. The fourth-order valence-electron chi connectivity index (χ4n) is 2.17. The molecule has 8 heteroatoms. The van der Waals surface area contributed by atoms with Crippen molar-refractivity contribution in [1.29, 1.82) is 0 Å². The molecule has 0 aromatic carbocycles. The van der Waals surface area contributed by atoms with Crippen molar-refractivity contribution in [3.8, 4) is 0 Å². The molecule has 130 valence electrons. The monoisotopic (exact) mass is 346 g/mol. The van der Waals surface area contributed by atoms with Gasteiger partial charge in [-0.15, -0.1) is 0 Å². The number of aliphatic carboxylic acids is 1. The maximum atomic E-state index is 11.9. The minimum atomic E-state index is -1.25. The van der Waals surface area contributed by atoms with Crippen LogP contribution in [0.2, 0.25) is 0 Å². The molecule has 0 unspecified atom stereocenters. The number of esters is 2. The molecule has 1 N–H and O–H groups in total. The molecule has 1 rings (SSSR count). The van der Waals surface area contributed by atoms with Crippen molar-refractivity contribution >= 4 is 35.5 Å². The van der Waals surface area contributed by atoms with Gasteiger partial charge in [0.1, 0.15) is 5.78 Å². The number of hydrogen-bond acceptors (Lipinski definition) is 7. The zero-order chi connectivity index (χ0) is 17.4. The predicted molar refractivity (Wildman–Crippen MR) is 83.1 cm³/mol. The van der Waals surface area contributed by atoms with Gasteiger partial charge >= 0.3 is 17.9 Å². The van der Waals surface area contributed by atoms with Gasteiger partial charge in [0.2, 0.25) is 6.10 Å². The van der Waals surface area contributed by atoms with Crippen LogP contribution >= 0.6 is 11.8 Å². The number of thioether (sulfide) groups is 1. The van der Waals surface area contributed by atoms with Crippen molar-refractivity contribution in [3.63, 3.8) is 0 Å². The van der Waals surface area contributed by atoms with Crippen molar-refractivity contribution in [2.75, 3.05) is 5.75 Å². The number of ether oxygens (including phenoxy) is 2. The van der Waals surface area contributed by atoms with Gasteiger partial charge in [0, 0.05) is 37.2 Å². The number of ketones is 1. The molecular formula is C15H22O7S. The quantitative estimate of drug-likeness (QED) is 0.748. The Bertz CT molecular complexity index is 463. The molecule has 0 saturated carbocycles. The molecule has 1 fully saturated rings. The highest BCUT2D eigenvalue weighted by Gasteiger charge is 2.25. The fraction of sp³-hybridized carbons (Fsp3) is 0.733. The highest BCUT2D eigenvalue weighted by Crippen LogP contribution is 2.25. The smallest absolute Gasteiger partial charge is 0.345 e. The molecule has 0 spiro atoms. The molecule has 1 aliphatic heterocycles. The van der Waals surface area contributed by atoms with Crippen molar-refractivity contribution in [1.82, 2.24) is 0 Å². The van der Waals surface area contributed by atoms with Crippen LogP contribution in [0.25, 0.3) is 0 Å². The predicted octanol–water partition coefficient (Wildman–Crippen LogP) is 1.57. The Morgan fingerprint density at radius 3 is 2.65 bits per heavy atom. The van der Waals surface area contributed by atoms with Gasteiger partial charge in [-0.05, 0) is 19.8 Å². The number of carboxylic acids is 1. The third kappa shape index (κ3) is 8.01. The van der Waals surface area contributed by atoms with Gasteiger partial charge in [-0.2, -0.15) is 11.8 Å². The van der Waals surface area contributed by atoms with E-state index in [-0.39, 0.29) is 41.7 Å². The summed E-state index contributed by atoms with van der Waals surface area (Å²) in [6.45, 7) is 2.90. The SMILES string of the molecule is CC(=O)O[C@H](CS[C@@H]1CCC(=O)O[C@@H](C)CCC(=O)C1)C(=O)O. The molecule has 0 bridgehead atoms. The summed E-state index contributed by atoms with van der Waals surface area (Å²) in [5.41, 5.74) is 0. The Morgan fingerprint density at radius 1 is 1.35 bits per heavy atom. The van der Waals surface area contributed by atoms with E-state index >= 15 is 0 Å². The fourth-order valence-corrected chi connectivity index (χ4v) is 3.41. The van der Waals surface area contributed by atoms with Crippen molar-refractivity contribution in [3.05, 3.63) is 0 Å². The van der Waals surface area contributed by atoms with Crippen LogP contribution in [-0.2, 0) is 28.7 Å². The number of carboxylic acid groups (broad SMARTS) is 1. The Balaban J connectivity index is 2.60. The summed E-state index contributed by atoms with van der Waals surface area (Å²) in [7, 11) is 0. The van der Waals surface area contributed by atoms with Crippen LogP contribution in [0.1, 0.15) is 46.0 Å². The summed E-state index contributed by atoms with van der Waals surface area (Å²) < 4.78 is 9.91. The van der Waals surface area contributed by atoms with Crippen LogP contribution in [0, 0.1) is 0 Å². The van der Waals surface area contributed by atoms with Crippen molar-refractivity contribution in [2.24, 2.45) is 0 Å². The van der Waals surface area contributed by atoms with Gasteiger partial charge in [-0.1, -0.05) is 0 Å². The zero-order valence-electron chi connectivity index (χ0n) is 13.3. The Hall–Kier alpha value is -1.57. The molecule has 0 aromatic heterocycles. The standard InChI is InChI=1S/C15H22O7S/c1-9-3-4-11(17)7-12(5-6-14(18)21-9)23-8-13(15(19)20)22-10(2)16/h9,12-13H,3-8H2,1-2H3,(H,19,20)/t9-,12+,13+/m0/s1. The number of carbonyl (C=O) groups excluding carboxylic acids is 3. The highest BCUT2D eigenvalue weighted by molar-refractivity contribution is 8.00. The van der Waals surface area contributed by atoms with E-state index in [0.29, 0.717) is 19.3 Å². The number of Topliss-reactive ketones (excluding diaryl/α,β-unsaturated/α-hetero) is 1. The van der Waals surface area contributed by atoms with E-state index in [9.17, 15) is 19.2 Å². The molecule has 0 aliphatic carbocycles. The second-order valence-corrected chi connectivity index (χ2v) is 6.85. The molecule has 1 heterocycles. The summed E-state index contributed by atoms with van der Waals surface area (Å²) in [5.74, 6) is -2.11.